The number of anilines is 1. The SMILES string of the molecule is CN(C(=O)c1cccs1)c1ccccc1C(=O)OCc1nnsc1Cl. The van der Waals surface area contributed by atoms with Gasteiger partial charge in [0, 0.05) is 18.6 Å². The first-order valence-electron chi connectivity index (χ1n) is 7.12. The highest BCUT2D eigenvalue weighted by Gasteiger charge is 2.21. The van der Waals surface area contributed by atoms with Crippen molar-refractivity contribution in [2.45, 2.75) is 6.61 Å². The van der Waals surface area contributed by atoms with Crippen molar-refractivity contribution in [3.05, 3.63) is 62.2 Å². The van der Waals surface area contributed by atoms with Gasteiger partial charge in [0.2, 0.25) is 0 Å². The van der Waals surface area contributed by atoms with Gasteiger partial charge in [-0.3, -0.25) is 4.79 Å². The Morgan fingerprint density at radius 2 is 2.04 bits per heavy atom. The van der Waals surface area contributed by atoms with Gasteiger partial charge in [-0.25, -0.2) is 4.79 Å². The van der Waals surface area contributed by atoms with Crippen molar-refractivity contribution < 1.29 is 14.3 Å². The topological polar surface area (TPSA) is 72.4 Å². The molecule has 0 bridgehead atoms. The molecule has 1 aromatic carbocycles. The lowest BCUT2D eigenvalue weighted by molar-refractivity contribution is 0.0469. The zero-order valence-corrected chi connectivity index (χ0v) is 15.4. The molecule has 0 saturated carbocycles. The van der Waals surface area contributed by atoms with Crippen molar-refractivity contribution in [1.82, 2.24) is 9.59 Å². The van der Waals surface area contributed by atoms with E-state index in [4.69, 9.17) is 16.3 Å². The molecule has 9 heteroatoms. The molecule has 0 radical (unpaired) electrons. The monoisotopic (exact) mass is 393 g/mol. The van der Waals surface area contributed by atoms with Crippen molar-refractivity contribution in [3.8, 4) is 0 Å². The number of hydrogen-bond acceptors (Lipinski definition) is 7. The Kier molecular flexibility index (Phi) is 5.42. The third kappa shape index (κ3) is 3.87. The molecular formula is C16H12ClN3O3S2. The Morgan fingerprint density at radius 1 is 1.24 bits per heavy atom. The summed E-state index contributed by atoms with van der Waals surface area (Å²) in [6, 6.07) is 10.3. The molecule has 2 aromatic heterocycles. The van der Waals surface area contributed by atoms with E-state index in [0.717, 1.165) is 11.5 Å². The molecule has 0 atom stereocenters. The molecular weight excluding hydrogens is 382 g/mol. The van der Waals surface area contributed by atoms with Gasteiger partial charge in [0.25, 0.3) is 5.91 Å². The quantitative estimate of drug-likeness (QED) is 0.615. The summed E-state index contributed by atoms with van der Waals surface area (Å²) >= 11 is 8.27. The third-order valence-corrected chi connectivity index (χ3v) is 5.21. The molecule has 25 heavy (non-hydrogen) atoms. The Morgan fingerprint density at radius 3 is 2.72 bits per heavy atom. The van der Waals surface area contributed by atoms with E-state index in [1.165, 1.54) is 16.2 Å². The number of hydrogen-bond donors (Lipinski definition) is 0. The molecule has 0 fully saturated rings. The molecule has 0 N–H and O–H groups in total. The molecule has 0 aliphatic rings. The number of halogens is 1. The number of aromatic nitrogens is 2. The molecule has 3 aromatic rings. The van der Waals surface area contributed by atoms with E-state index in [2.05, 4.69) is 9.59 Å². The van der Waals surface area contributed by atoms with E-state index >= 15 is 0 Å². The highest BCUT2D eigenvalue weighted by atomic mass is 35.5. The lowest BCUT2D eigenvalue weighted by atomic mass is 10.1. The summed E-state index contributed by atoms with van der Waals surface area (Å²) in [4.78, 5) is 27.0. The molecule has 128 valence electrons. The second kappa shape index (κ2) is 7.73. The van der Waals surface area contributed by atoms with Gasteiger partial charge in [-0.05, 0) is 23.6 Å². The first-order valence-corrected chi connectivity index (χ1v) is 9.15. The van der Waals surface area contributed by atoms with Crippen molar-refractivity contribution in [1.29, 1.82) is 0 Å². The number of ether oxygens (including phenoxy) is 1. The molecule has 0 unspecified atom stereocenters. The van der Waals surface area contributed by atoms with Gasteiger partial charge in [-0.2, -0.15) is 0 Å². The van der Waals surface area contributed by atoms with E-state index in [-0.39, 0.29) is 18.1 Å². The number of amides is 1. The smallest absolute Gasteiger partial charge is 0.340 e. The predicted octanol–water partition coefficient (Wildman–Crippen LogP) is 3.89. The van der Waals surface area contributed by atoms with Crippen molar-refractivity contribution >= 4 is 52.0 Å². The van der Waals surface area contributed by atoms with E-state index in [0.29, 0.717) is 20.6 Å². The van der Waals surface area contributed by atoms with Gasteiger partial charge in [0.15, 0.2) is 0 Å². The minimum atomic E-state index is -0.564. The highest BCUT2D eigenvalue weighted by molar-refractivity contribution is 7.12. The minimum absolute atomic E-state index is 0.0783. The second-order valence-electron chi connectivity index (χ2n) is 4.93. The number of nitrogens with zero attached hydrogens (tertiary/aromatic N) is 3. The zero-order valence-electron chi connectivity index (χ0n) is 13.0. The van der Waals surface area contributed by atoms with E-state index in [1.54, 1.807) is 43.4 Å². The maximum Gasteiger partial charge on any atom is 0.340 e. The minimum Gasteiger partial charge on any atom is -0.455 e. The molecule has 0 saturated heterocycles. The molecule has 0 spiro atoms. The van der Waals surface area contributed by atoms with Gasteiger partial charge in [-0.15, -0.1) is 16.4 Å². The number of para-hydroxylation sites is 1. The van der Waals surface area contributed by atoms with Crippen LogP contribution in [0.2, 0.25) is 4.34 Å². The van der Waals surface area contributed by atoms with Crippen molar-refractivity contribution in [3.63, 3.8) is 0 Å². The summed E-state index contributed by atoms with van der Waals surface area (Å²) < 4.78 is 9.33. The number of carbonyl (C=O) groups excluding carboxylic acids is 2. The molecule has 0 aliphatic carbocycles. The Hall–Kier alpha value is -2.29. The number of esters is 1. The van der Waals surface area contributed by atoms with Gasteiger partial charge >= 0.3 is 5.97 Å². The van der Waals surface area contributed by atoms with Gasteiger partial charge in [-0.1, -0.05) is 34.3 Å². The third-order valence-electron chi connectivity index (χ3n) is 3.37. The van der Waals surface area contributed by atoms with Crippen LogP contribution in [0.4, 0.5) is 5.69 Å². The number of benzene rings is 1. The average Bonchev–Trinajstić information content (AvgIpc) is 3.30. The van der Waals surface area contributed by atoms with Crippen molar-refractivity contribution in [2.24, 2.45) is 0 Å². The highest BCUT2D eigenvalue weighted by Crippen LogP contribution is 2.24. The van der Waals surface area contributed by atoms with Gasteiger partial charge in [0.05, 0.1) is 16.1 Å². The van der Waals surface area contributed by atoms with Crippen LogP contribution in [0, 0.1) is 0 Å². The average molecular weight is 394 g/mol. The summed E-state index contributed by atoms with van der Waals surface area (Å²) in [5, 5.41) is 5.62. The van der Waals surface area contributed by atoms with Crippen LogP contribution in [0.5, 0.6) is 0 Å². The Balaban J connectivity index is 1.79. The van der Waals surface area contributed by atoms with Crippen LogP contribution in [0.15, 0.2) is 41.8 Å². The molecule has 1 amide bonds. The normalized spacial score (nSPS) is 10.5. The van der Waals surface area contributed by atoms with Crippen LogP contribution in [0.3, 0.4) is 0 Å². The van der Waals surface area contributed by atoms with E-state index in [1.807, 2.05) is 5.38 Å². The van der Waals surface area contributed by atoms with Crippen molar-refractivity contribution in [2.75, 3.05) is 11.9 Å². The number of rotatable bonds is 5. The van der Waals surface area contributed by atoms with Crippen LogP contribution < -0.4 is 4.90 Å². The van der Waals surface area contributed by atoms with E-state index < -0.39 is 5.97 Å². The van der Waals surface area contributed by atoms with Crippen LogP contribution >= 0.6 is 34.5 Å². The fraction of sp³-hybridized carbons (Fsp3) is 0.125. The predicted molar refractivity (Wildman–Crippen MR) is 97.5 cm³/mol. The van der Waals surface area contributed by atoms with Gasteiger partial charge in [0.1, 0.15) is 16.6 Å². The summed E-state index contributed by atoms with van der Waals surface area (Å²) in [6.45, 7) is -0.0783. The van der Waals surface area contributed by atoms with Gasteiger partial charge < -0.3 is 9.64 Å². The number of carbonyl (C=O) groups is 2. The van der Waals surface area contributed by atoms with Crippen LogP contribution in [0.1, 0.15) is 25.7 Å². The lowest BCUT2D eigenvalue weighted by Crippen LogP contribution is -2.27. The molecule has 0 aliphatic heterocycles. The molecule has 6 nitrogen and oxygen atoms in total. The lowest BCUT2D eigenvalue weighted by Gasteiger charge is -2.19. The number of thiophene rings is 1. The first-order chi connectivity index (χ1) is 12.1. The Labute approximate surface area is 156 Å². The first kappa shape index (κ1) is 17.5. The van der Waals surface area contributed by atoms with Crippen LogP contribution in [-0.4, -0.2) is 28.5 Å². The van der Waals surface area contributed by atoms with Crippen LogP contribution in [-0.2, 0) is 11.3 Å². The maximum absolute atomic E-state index is 12.5. The fourth-order valence-electron chi connectivity index (χ4n) is 2.11. The Bertz CT molecular complexity index is 896. The summed E-state index contributed by atoms with van der Waals surface area (Å²) in [5.41, 5.74) is 1.16. The summed E-state index contributed by atoms with van der Waals surface area (Å²) in [6.07, 6.45) is 0. The van der Waals surface area contributed by atoms with E-state index in [9.17, 15) is 9.59 Å². The maximum atomic E-state index is 12.5. The second-order valence-corrected chi connectivity index (χ2v) is 7.23. The zero-order chi connectivity index (χ0) is 17.8. The standard InChI is InChI=1S/C16H12ClN3O3S2/c1-20(15(21)13-7-4-8-24-13)12-6-3-2-5-10(12)16(22)23-9-11-14(17)25-19-18-11/h2-8H,9H2,1H3. The molecule has 2 heterocycles. The summed E-state index contributed by atoms with van der Waals surface area (Å²) in [7, 11) is 1.62. The largest absolute Gasteiger partial charge is 0.455 e. The summed E-state index contributed by atoms with van der Waals surface area (Å²) in [5.74, 6) is -0.757. The molecule has 3 rings (SSSR count). The fourth-order valence-corrected chi connectivity index (χ4v) is 3.41. The van der Waals surface area contributed by atoms with Crippen LogP contribution in [0.25, 0.3) is 0 Å².